The molecule has 0 aliphatic heterocycles. The third kappa shape index (κ3) is 3.58. The van der Waals surface area contributed by atoms with Crippen molar-refractivity contribution in [1.82, 2.24) is 19.7 Å². The van der Waals surface area contributed by atoms with Gasteiger partial charge in [0.05, 0.1) is 26.0 Å². The van der Waals surface area contributed by atoms with E-state index >= 15 is 0 Å². The topological polar surface area (TPSA) is 69.5 Å². The summed E-state index contributed by atoms with van der Waals surface area (Å²) in [4.78, 5) is 18.9. The zero-order valence-electron chi connectivity index (χ0n) is 16.3. The average Bonchev–Trinajstić information content (AvgIpc) is 3.10. The maximum absolute atomic E-state index is 12.9. The summed E-state index contributed by atoms with van der Waals surface area (Å²) < 4.78 is 12.6. The van der Waals surface area contributed by atoms with Gasteiger partial charge < -0.3 is 14.4 Å². The molecule has 142 valence electrons. The lowest BCUT2D eigenvalue weighted by molar-refractivity contribution is 0.0783. The second-order valence-electron chi connectivity index (χ2n) is 6.63. The molecule has 0 radical (unpaired) electrons. The van der Waals surface area contributed by atoms with E-state index in [9.17, 15) is 4.79 Å². The van der Waals surface area contributed by atoms with Gasteiger partial charge in [-0.2, -0.15) is 5.10 Å². The lowest BCUT2D eigenvalue weighted by Gasteiger charge is -2.20. The number of carbonyl (C=O) groups is 1. The first-order valence-corrected chi connectivity index (χ1v) is 8.74. The van der Waals surface area contributed by atoms with Crippen molar-refractivity contribution in [1.29, 1.82) is 0 Å². The van der Waals surface area contributed by atoms with Crippen LogP contribution in [0, 0.1) is 0 Å². The van der Waals surface area contributed by atoms with Gasteiger partial charge in [0.1, 0.15) is 0 Å². The van der Waals surface area contributed by atoms with Crippen LogP contribution in [0.3, 0.4) is 0 Å². The summed E-state index contributed by atoms with van der Waals surface area (Å²) in [5, 5.41) is 5.20. The molecule has 0 aliphatic carbocycles. The monoisotopic (exact) mass is 368 g/mol. The predicted molar refractivity (Wildman–Crippen MR) is 103 cm³/mol. The molecule has 0 spiro atoms. The van der Waals surface area contributed by atoms with E-state index in [1.165, 1.54) is 0 Å². The molecule has 0 aliphatic rings. The average molecular weight is 368 g/mol. The molecular formula is C20H24N4O3. The van der Waals surface area contributed by atoms with Crippen LogP contribution in [0.25, 0.3) is 11.0 Å². The van der Waals surface area contributed by atoms with E-state index in [1.807, 2.05) is 42.8 Å². The summed E-state index contributed by atoms with van der Waals surface area (Å²) in [5.74, 6) is 1.15. The van der Waals surface area contributed by atoms with Gasteiger partial charge in [0, 0.05) is 36.8 Å². The standard InChI is InChI=1S/C20H24N4O3/c1-13(2)24-19-15(11-22-24)9-16(10-21-19)20(25)23(3)12-14-7-6-8-17(26-4)18(14)27-5/h6-11,13H,12H2,1-5H3. The van der Waals surface area contributed by atoms with Crippen LogP contribution in [0.15, 0.2) is 36.7 Å². The number of hydrogen-bond donors (Lipinski definition) is 0. The molecule has 0 saturated carbocycles. The van der Waals surface area contributed by atoms with E-state index in [0.29, 0.717) is 23.6 Å². The van der Waals surface area contributed by atoms with Crippen molar-refractivity contribution in [3.8, 4) is 11.5 Å². The number of ether oxygens (including phenoxy) is 2. The highest BCUT2D eigenvalue weighted by Gasteiger charge is 2.18. The zero-order chi connectivity index (χ0) is 19.6. The number of methoxy groups -OCH3 is 2. The fourth-order valence-electron chi connectivity index (χ4n) is 3.06. The van der Waals surface area contributed by atoms with Crippen molar-refractivity contribution in [3.05, 3.63) is 47.8 Å². The second kappa shape index (κ2) is 7.65. The van der Waals surface area contributed by atoms with Crippen LogP contribution in [0.1, 0.15) is 35.8 Å². The summed E-state index contributed by atoms with van der Waals surface area (Å²) in [6.45, 7) is 4.48. The highest BCUT2D eigenvalue weighted by atomic mass is 16.5. The van der Waals surface area contributed by atoms with Crippen LogP contribution in [0.2, 0.25) is 0 Å². The first kappa shape index (κ1) is 18.7. The summed E-state index contributed by atoms with van der Waals surface area (Å²) in [6, 6.07) is 7.66. The largest absolute Gasteiger partial charge is 0.493 e. The highest BCUT2D eigenvalue weighted by Crippen LogP contribution is 2.31. The Bertz CT molecular complexity index is 965. The van der Waals surface area contributed by atoms with Gasteiger partial charge in [-0.3, -0.25) is 4.79 Å². The minimum absolute atomic E-state index is 0.119. The maximum Gasteiger partial charge on any atom is 0.255 e. The summed E-state index contributed by atoms with van der Waals surface area (Å²) in [7, 11) is 4.94. The number of rotatable bonds is 6. The van der Waals surface area contributed by atoms with Crippen LogP contribution in [0.4, 0.5) is 0 Å². The van der Waals surface area contributed by atoms with Crippen molar-refractivity contribution < 1.29 is 14.3 Å². The van der Waals surface area contributed by atoms with Crippen LogP contribution in [-0.2, 0) is 6.54 Å². The van der Waals surface area contributed by atoms with E-state index < -0.39 is 0 Å². The third-order valence-corrected chi connectivity index (χ3v) is 4.41. The molecule has 7 nitrogen and oxygen atoms in total. The predicted octanol–water partition coefficient (Wildman–Crippen LogP) is 3.30. The molecule has 1 amide bonds. The molecule has 7 heteroatoms. The van der Waals surface area contributed by atoms with Crippen molar-refractivity contribution in [2.45, 2.75) is 26.4 Å². The molecule has 2 heterocycles. The Labute approximate surface area is 158 Å². The number of carbonyl (C=O) groups excluding carboxylic acids is 1. The van der Waals surface area contributed by atoms with Gasteiger partial charge in [0.25, 0.3) is 5.91 Å². The quantitative estimate of drug-likeness (QED) is 0.668. The fourth-order valence-corrected chi connectivity index (χ4v) is 3.06. The molecule has 1 aromatic carbocycles. The lowest BCUT2D eigenvalue weighted by Crippen LogP contribution is -2.26. The van der Waals surface area contributed by atoms with E-state index in [2.05, 4.69) is 10.1 Å². The van der Waals surface area contributed by atoms with Crippen molar-refractivity contribution in [3.63, 3.8) is 0 Å². The van der Waals surface area contributed by atoms with Gasteiger partial charge in [0.15, 0.2) is 17.1 Å². The maximum atomic E-state index is 12.9. The van der Waals surface area contributed by atoms with Crippen LogP contribution in [-0.4, -0.2) is 46.8 Å². The molecule has 0 fully saturated rings. The molecule has 0 bridgehead atoms. The Hall–Kier alpha value is -3.09. The number of benzene rings is 1. The van der Waals surface area contributed by atoms with E-state index in [1.54, 1.807) is 38.6 Å². The molecule has 27 heavy (non-hydrogen) atoms. The molecule has 0 atom stereocenters. The fraction of sp³-hybridized carbons (Fsp3) is 0.350. The van der Waals surface area contributed by atoms with Gasteiger partial charge >= 0.3 is 0 Å². The minimum atomic E-state index is -0.119. The first-order valence-electron chi connectivity index (χ1n) is 8.74. The van der Waals surface area contributed by atoms with Gasteiger partial charge in [-0.25, -0.2) is 9.67 Å². The Balaban J connectivity index is 1.85. The minimum Gasteiger partial charge on any atom is -0.493 e. The van der Waals surface area contributed by atoms with Gasteiger partial charge in [-0.1, -0.05) is 12.1 Å². The first-order chi connectivity index (χ1) is 13.0. The Morgan fingerprint density at radius 1 is 1.22 bits per heavy atom. The molecule has 3 aromatic rings. The summed E-state index contributed by atoms with van der Waals surface area (Å²) >= 11 is 0. The molecule has 0 saturated heterocycles. The van der Waals surface area contributed by atoms with E-state index in [0.717, 1.165) is 16.6 Å². The smallest absolute Gasteiger partial charge is 0.255 e. The zero-order valence-corrected chi connectivity index (χ0v) is 16.3. The molecule has 0 N–H and O–H groups in total. The Morgan fingerprint density at radius 2 is 2.00 bits per heavy atom. The molecular weight excluding hydrogens is 344 g/mol. The Kier molecular flexibility index (Phi) is 5.30. The van der Waals surface area contributed by atoms with Crippen LogP contribution in [0.5, 0.6) is 11.5 Å². The molecule has 3 rings (SSSR count). The van der Waals surface area contributed by atoms with Crippen molar-refractivity contribution in [2.24, 2.45) is 0 Å². The number of amides is 1. The molecule has 0 unspecified atom stereocenters. The van der Waals surface area contributed by atoms with E-state index in [4.69, 9.17) is 9.47 Å². The number of fused-ring (bicyclic) bond motifs is 1. The van der Waals surface area contributed by atoms with Crippen LogP contribution >= 0.6 is 0 Å². The van der Waals surface area contributed by atoms with Crippen molar-refractivity contribution >= 4 is 16.9 Å². The molecule has 2 aromatic heterocycles. The second-order valence-corrected chi connectivity index (χ2v) is 6.63. The highest BCUT2D eigenvalue weighted by molar-refractivity contribution is 5.96. The van der Waals surface area contributed by atoms with E-state index in [-0.39, 0.29) is 11.9 Å². The number of hydrogen-bond acceptors (Lipinski definition) is 5. The lowest BCUT2D eigenvalue weighted by atomic mass is 10.1. The number of aromatic nitrogens is 3. The van der Waals surface area contributed by atoms with Gasteiger partial charge in [-0.05, 0) is 26.0 Å². The van der Waals surface area contributed by atoms with Crippen LogP contribution < -0.4 is 9.47 Å². The normalized spacial score (nSPS) is 11.0. The number of nitrogens with zero attached hydrogens (tertiary/aromatic N) is 4. The van der Waals surface area contributed by atoms with Gasteiger partial charge in [0.2, 0.25) is 0 Å². The SMILES string of the molecule is COc1cccc(CN(C)C(=O)c2cnc3c(cnn3C(C)C)c2)c1OC. The summed E-state index contributed by atoms with van der Waals surface area (Å²) in [6.07, 6.45) is 3.34. The van der Waals surface area contributed by atoms with Crippen molar-refractivity contribution in [2.75, 3.05) is 21.3 Å². The van der Waals surface area contributed by atoms with Gasteiger partial charge in [-0.15, -0.1) is 0 Å². The summed E-state index contributed by atoms with van der Waals surface area (Å²) in [5.41, 5.74) is 2.17. The third-order valence-electron chi connectivity index (χ3n) is 4.41. The number of para-hydroxylation sites is 1. The Morgan fingerprint density at radius 3 is 2.67 bits per heavy atom. The number of pyridine rings is 1.